The van der Waals surface area contributed by atoms with Crippen LogP contribution in [-0.2, 0) is 14.3 Å². The van der Waals surface area contributed by atoms with Gasteiger partial charge in [-0.15, -0.1) is 0 Å². The Kier molecular flexibility index (Phi) is 7.90. The van der Waals surface area contributed by atoms with E-state index in [9.17, 15) is 9.59 Å². The fourth-order valence-electron chi connectivity index (χ4n) is 2.31. The van der Waals surface area contributed by atoms with Crippen LogP contribution in [-0.4, -0.2) is 39.3 Å². The molecule has 1 amide bonds. The van der Waals surface area contributed by atoms with E-state index < -0.39 is 18.5 Å². The first-order valence-corrected chi connectivity index (χ1v) is 8.65. The van der Waals surface area contributed by atoms with Crippen LogP contribution in [0.3, 0.4) is 0 Å². The second-order valence-corrected chi connectivity index (χ2v) is 5.55. The number of benzene rings is 2. The number of carbonyl (C=O) groups is 2. The number of carbonyl (C=O) groups excluding carboxylic acids is 2. The van der Waals surface area contributed by atoms with Gasteiger partial charge in [0.05, 0.1) is 20.8 Å². The standard InChI is InChI=1S/C21H23NO6/c1-4-27-17-8-6-16(7-9-17)22-20(23)14-28-21(24)12-5-15-13-18(25-2)10-11-19(15)26-3/h5-13H,4,14H2,1-3H3,(H,22,23)/b12-5+. The van der Waals surface area contributed by atoms with E-state index in [1.54, 1.807) is 49.6 Å². The Morgan fingerprint density at radius 3 is 2.36 bits per heavy atom. The Hall–Kier alpha value is -3.48. The summed E-state index contributed by atoms with van der Waals surface area (Å²) in [5, 5.41) is 2.64. The number of anilines is 1. The average Bonchev–Trinajstić information content (AvgIpc) is 2.72. The van der Waals surface area contributed by atoms with Gasteiger partial charge in [-0.05, 0) is 55.5 Å². The summed E-state index contributed by atoms with van der Waals surface area (Å²) in [7, 11) is 3.08. The Morgan fingerprint density at radius 2 is 1.71 bits per heavy atom. The summed E-state index contributed by atoms with van der Waals surface area (Å²) in [6, 6.07) is 12.1. The normalized spacial score (nSPS) is 10.4. The van der Waals surface area contributed by atoms with Crippen LogP contribution in [0.5, 0.6) is 17.2 Å². The molecule has 2 aromatic rings. The molecule has 28 heavy (non-hydrogen) atoms. The van der Waals surface area contributed by atoms with Crippen molar-refractivity contribution < 1.29 is 28.5 Å². The molecule has 0 radical (unpaired) electrons. The predicted octanol–water partition coefficient (Wildman–Crippen LogP) is 3.30. The molecule has 0 unspecified atom stereocenters. The van der Waals surface area contributed by atoms with Gasteiger partial charge < -0.3 is 24.3 Å². The fourth-order valence-corrected chi connectivity index (χ4v) is 2.31. The average molecular weight is 385 g/mol. The van der Waals surface area contributed by atoms with E-state index in [1.807, 2.05) is 6.92 Å². The van der Waals surface area contributed by atoms with Gasteiger partial charge in [0.1, 0.15) is 17.2 Å². The lowest BCUT2D eigenvalue weighted by atomic mass is 10.1. The van der Waals surface area contributed by atoms with Crippen molar-refractivity contribution in [3.05, 3.63) is 54.1 Å². The Bertz CT molecular complexity index is 829. The first-order chi connectivity index (χ1) is 13.5. The van der Waals surface area contributed by atoms with Crippen LogP contribution in [0, 0.1) is 0 Å². The minimum Gasteiger partial charge on any atom is -0.497 e. The zero-order valence-corrected chi connectivity index (χ0v) is 16.1. The van der Waals surface area contributed by atoms with Gasteiger partial charge in [0.25, 0.3) is 5.91 Å². The van der Waals surface area contributed by atoms with Crippen molar-refractivity contribution in [1.82, 2.24) is 0 Å². The van der Waals surface area contributed by atoms with Crippen molar-refractivity contribution in [2.24, 2.45) is 0 Å². The monoisotopic (exact) mass is 385 g/mol. The van der Waals surface area contributed by atoms with E-state index in [1.165, 1.54) is 19.3 Å². The van der Waals surface area contributed by atoms with Crippen molar-refractivity contribution in [3.63, 3.8) is 0 Å². The highest BCUT2D eigenvalue weighted by molar-refractivity contribution is 5.94. The minimum atomic E-state index is -0.647. The summed E-state index contributed by atoms with van der Waals surface area (Å²) < 4.78 is 20.7. The molecule has 7 heteroatoms. The first kappa shape index (κ1) is 20.8. The molecule has 0 aliphatic carbocycles. The highest BCUT2D eigenvalue weighted by atomic mass is 16.5. The van der Waals surface area contributed by atoms with Gasteiger partial charge in [0.15, 0.2) is 6.61 Å². The highest BCUT2D eigenvalue weighted by Gasteiger charge is 2.07. The van der Waals surface area contributed by atoms with E-state index in [-0.39, 0.29) is 0 Å². The molecule has 0 aliphatic heterocycles. The maximum Gasteiger partial charge on any atom is 0.331 e. The van der Waals surface area contributed by atoms with Crippen LogP contribution in [0.1, 0.15) is 12.5 Å². The number of nitrogens with one attached hydrogen (secondary N) is 1. The topological polar surface area (TPSA) is 83.1 Å². The molecule has 0 heterocycles. The number of amides is 1. The SMILES string of the molecule is CCOc1ccc(NC(=O)COC(=O)/C=C/c2cc(OC)ccc2OC)cc1. The quantitative estimate of drug-likeness (QED) is 0.527. The largest absolute Gasteiger partial charge is 0.497 e. The summed E-state index contributed by atoms with van der Waals surface area (Å²) >= 11 is 0. The third kappa shape index (κ3) is 6.35. The van der Waals surface area contributed by atoms with Crippen molar-refractivity contribution in [2.75, 3.05) is 32.8 Å². The zero-order valence-electron chi connectivity index (χ0n) is 16.1. The first-order valence-electron chi connectivity index (χ1n) is 8.65. The Morgan fingerprint density at radius 1 is 1.00 bits per heavy atom. The van der Waals surface area contributed by atoms with Crippen LogP contribution in [0.25, 0.3) is 6.08 Å². The van der Waals surface area contributed by atoms with Gasteiger partial charge in [-0.2, -0.15) is 0 Å². The number of rotatable bonds is 9. The van der Waals surface area contributed by atoms with Crippen molar-refractivity contribution in [2.45, 2.75) is 6.92 Å². The number of hydrogen-bond acceptors (Lipinski definition) is 6. The number of methoxy groups -OCH3 is 2. The molecule has 2 rings (SSSR count). The molecule has 0 fully saturated rings. The van der Waals surface area contributed by atoms with Crippen molar-refractivity contribution in [1.29, 1.82) is 0 Å². The number of hydrogen-bond donors (Lipinski definition) is 1. The van der Waals surface area contributed by atoms with Gasteiger partial charge in [-0.3, -0.25) is 4.79 Å². The Labute approximate surface area is 163 Å². The van der Waals surface area contributed by atoms with Gasteiger partial charge in [0, 0.05) is 17.3 Å². The molecule has 0 saturated carbocycles. The van der Waals surface area contributed by atoms with Gasteiger partial charge in [-0.25, -0.2) is 4.79 Å². The number of ether oxygens (including phenoxy) is 4. The lowest BCUT2D eigenvalue weighted by Gasteiger charge is -2.08. The lowest BCUT2D eigenvalue weighted by Crippen LogP contribution is -2.20. The van der Waals surface area contributed by atoms with Crippen LogP contribution in [0.4, 0.5) is 5.69 Å². The maximum absolute atomic E-state index is 11.9. The predicted molar refractivity (Wildman–Crippen MR) is 106 cm³/mol. The smallest absolute Gasteiger partial charge is 0.331 e. The van der Waals surface area contributed by atoms with Crippen LogP contribution in [0.15, 0.2) is 48.5 Å². The summed E-state index contributed by atoms with van der Waals surface area (Å²) in [5.74, 6) is 0.836. The molecule has 148 valence electrons. The highest BCUT2D eigenvalue weighted by Crippen LogP contribution is 2.25. The molecule has 0 aromatic heterocycles. The third-order valence-electron chi connectivity index (χ3n) is 3.63. The van der Waals surface area contributed by atoms with Gasteiger partial charge >= 0.3 is 5.97 Å². The summed E-state index contributed by atoms with van der Waals surface area (Å²) in [6.07, 6.45) is 2.76. The molecular weight excluding hydrogens is 362 g/mol. The molecule has 1 N–H and O–H groups in total. The second-order valence-electron chi connectivity index (χ2n) is 5.55. The lowest BCUT2D eigenvalue weighted by molar-refractivity contribution is -0.142. The molecule has 0 saturated heterocycles. The summed E-state index contributed by atoms with van der Waals surface area (Å²) in [6.45, 7) is 2.06. The molecule has 0 spiro atoms. The second kappa shape index (κ2) is 10.6. The summed E-state index contributed by atoms with van der Waals surface area (Å²) in [5.41, 5.74) is 1.24. The molecule has 0 atom stereocenters. The van der Waals surface area contributed by atoms with E-state index in [4.69, 9.17) is 18.9 Å². The van der Waals surface area contributed by atoms with Gasteiger partial charge in [-0.1, -0.05) is 0 Å². The molecule has 0 aliphatic rings. The van der Waals surface area contributed by atoms with Crippen molar-refractivity contribution >= 4 is 23.6 Å². The van der Waals surface area contributed by atoms with Crippen LogP contribution in [0.2, 0.25) is 0 Å². The van der Waals surface area contributed by atoms with E-state index >= 15 is 0 Å². The zero-order chi connectivity index (χ0) is 20.4. The molecule has 0 bridgehead atoms. The van der Waals surface area contributed by atoms with Crippen molar-refractivity contribution in [3.8, 4) is 17.2 Å². The molecular formula is C21H23NO6. The Balaban J connectivity index is 1.86. The van der Waals surface area contributed by atoms with Crippen LogP contribution >= 0.6 is 0 Å². The van der Waals surface area contributed by atoms with Gasteiger partial charge in [0.2, 0.25) is 0 Å². The molecule has 2 aromatic carbocycles. The minimum absolute atomic E-state index is 0.397. The van der Waals surface area contributed by atoms with E-state index in [0.717, 1.165) is 0 Å². The van der Waals surface area contributed by atoms with Crippen LogP contribution < -0.4 is 19.5 Å². The third-order valence-corrected chi connectivity index (χ3v) is 3.63. The number of esters is 1. The van der Waals surface area contributed by atoms with E-state index in [2.05, 4.69) is 5.32 Å². The molecule has 7 nitrogen and oxygen atoms in total. The maximum atomic E-state index is 11.9. The summed E-state index contributed by atoms with van der Waals surface area (Å²) in [4.78, 5) is 23.8. The fraction of sp³-hybridized carbons (Fsp3) is 0.238. The van der Waals surface area contributed by atoms with E-state index in [0.29, 0.717) is 35.1 Å².